The first-order valence-electron chi connectivity index (χ1n) is 9.49. The predicted molar refractivity (Wildman–Crippen MR) is 106 cm³/mol. The van der Waals surface area contributed by atoms with Gasteiger partial charge in [0.15, 0.2) is 0 Å². The lowest BCUT2D eigenvalue weighted by atomic mass is 10.0. The smallest absolute Gasteiger partial charge is 0.254 e. The van der Waals surface area contributed by atoms with Crippen molar-refractivity contribution in [3.05, 3.63) is 47.5 Å². The summed E-state index contributed by atoms with van der Waals surface area (Å²) in [4.78, 5) is 29.9. The fraction of sp³-hybridized carbons (Fsp3) is 0.500. The zero-order valence-electron chi connectivity index (χ0n) is 16.4. The van der Waals surface area contributed by atoms with Gasteiger partial charge in [-0.25, -0.2) is 9.97 Å². The van der Waals surface area contributed by atoms with Crippen LogP contribution in [0.25, 0.3) is 0 Å². The Bertz CT molecular complexity index is 758. The normalized spacial score (nSPS) is 16.0. The third kappa shape index (κ3) is 4.80. The predicted octanol–water partition coefficient (Wildman–Crippen LogP) is 2.20. The zero-order chi connectivity index (χ0) is 19.2. The molecule has 1 aliphatic heterocycles. The highest BCUT2D eigenvalue weighted by Gasteiger charge is 2.23. The molecule has 7 nitrogen and oxygen atoms in total. The van der Waals surface area contributed by atoms with Crippen LogP contribution in [0.1, 0.15) is 46.9 Å². The van der Waals surface area contributed by atoms with E-state index in [1.807, 2.05) is 38.2 Å². The van der Waals surface area contributed by atoms with Gasteiger partial charge in [-0.05, 0) is 44.5 Å². The van der Waals surface area contributed by atoms with Crippen LogP contribution < -0.4 is 10.2 Å². The molecule has 0 saturated carbocycles. The highest BCUT2D eigenvalue weighted by Crippen LogP contribution is 2.23. The first-order valence-corrected chi connectivity index (χ1v) is 9.49. The molecule has 0 unspecified atom stereocenters. The van der Waals surface area contributed by atoms with Crippen LogP contribution in [0, 0.1) is 6.92 Å². The summed E-state index contributed by atoms with van der Waals surface area (Å²) in [6.07, 6.45) is 8.95. The molecule has 1 atom stereocenters. The van der Waals surface area contributed by atoms with Crippen LogP contribution in [0.2, 0.25) is 0 Å². The van der Waals surface area contributed by atoms with Crippen molar-refractivity contribution in [2.45, 2.75) is 32.2 Å². The minimum Gasteiger partial charge on any atom is -0.350 e. The van der Waals surface area contributed by atoms with Crippen LogP contribution in [0.5, 0.6) is 0 Å². The number of likely N-dealkylation sites (tertiary alicyclic amines) is 1. The molecule has 1 amide bonds. The van der Waals surface area contributed by atoms with E-state index in [1.54, 1.807) is 12.4 Å². The highest BCUT2D eigenvalue weighted by molar-refractivity contribution is 5.95. The van der Waals surface area contributed by atoms with Crippen LogP contribution in [0.15, 0.2) is 30.7 Å². The number of anilines is 1. The molecule has 0 spiro atoms. The second-order valence-electron chi connectivity index (χ2n) is 7.17. The van der Waals surface area contributed by atoms with Crippen LogP contribution >= 0.6 is 0 Å². The molecule has 0 aromatic carbocycles. The third-order valence-corrected chi connectivity index (χ3v) is 4.97. The lowest BCUT2D eigenvalue weighted by molar-refractivity contribution is 0.0923. The van der Waals surface area contributed by atoms with Crippen LogP contribution in [0.4, 0.5) is 5.95 Å². The fourth-order valence-electron chi connectivity index (χ4n) is 3.44. The topological polar surface area (TPSA) is 74.2 Å². The number of nitrogens with one attached hydrogen (secondary N) is 1. The van der Waals surface area contributed by atoms with Gasteiger partial charge in [-0.1, -0.05) is 12.5 Å². The lowest BCUT2D eigenvalue weighted by Gasteiger charge is -2.34. The van der Waals surface area contributed by atoms with Crippen molar-refractivity contribution in [3.63, 3.8) is 0 Å². The summed E-state index contributed by atoms with van der Waals surface area (Å²) >= 11 is 0. The van der Waals surface area contributed by atoms with E-state index >= 15 is 0 Å². The fourth-order valence-corrected chi connectivity index (χ4v) is 3.44. The van der Waals surface area contributed by atoms with Crippen molar-refractivity contribution in [1.29, 1.82) is 0 Å². The van der Waals surface area contributed by atoms with E-state index < -0.39 is 0 Å². The van der Waals surface area contributed by atoms with Crippen molar-refractivity contribution >= 4 is 11.9 Å². The van der Waals surface area contributed by atoms with Gasteiger partial charge in [0.25, 0.3) is 5.91 Å². The summed E-state index contributed by atoms with van der Waals surface area (Å²) in [6.45, 7) is 4.48. The van der Waals surface area contributed by atoms with Crippen molar-refractivity contribution in [2.24, 2.45) is 0 Å². The molecule has 7 heteroatoms. The maximum absolute atomic E-state index is 12.7. The second-order valence-corrected chi connectivity index (χ2v) is 7.17. The Balaban J connectivity index is 1.72. The van der Waals surface area contributed by atoms with E-state index in [0.717, 1.165) is 18.7 Å². The van der Waals surface area contributed by atoms with E-state index in [-0.39, 0.29) is 11.9 Å². The molecule has 0 bridgehead atoms. The lowest BCUT2D eigenvalue weighted by Crippen LogP contribution is -2.40. The Morgan fingerprint density at radius 1 is 1.26 bits per heavy atom. The monoisotopic (exact) mass is 368 g/mol. The zero-order valence-corrected chi connectivity index (χ0v) is 16.4. The van der Waals surface area contributed by atoms with Gasteiger partial charge >= 0.3 is 0 Å². The van der Waals surface area contributed by atoms with E-state index in [1.165, 1.54) is 19.3 Å². The number of carbonyl (C=O) groups is 1. The standard InChI is InChI=1S/C20H28N6O/c1-15-17(13-23-20(24-15)25(2)3)19(27)22-14-18(16-8-7-9-21-12-16)26-10-5-4-6-11-26/h7-9,12-13,18H,4-6,10-11,14H2,1-3H3,(H,22,27)/t18-/m0/s1. The number of carbonyl (C=O) groups excluding carboxylic acids is 1. The van der Waals surface area contributed by atoms with Crippen molar-refractivity contribution in [2.75, 3.05) is 38.6 Å². The molecule has 144 valence electrons. The molecular formula is C20H28N6O. The summed E-state index contributed by atoms with van der Waals surface area (Å²) in [7, 11) is 3.76. The molecule has 2 aromatic rings. The minimum atomic E-state index is -0.135. The first kappa shape index (κ1) is 19.2. The van der Waals surface area contributed by atoms with Crippen molar-refractivity contribution in [3.8, 4) is 0 Å². The van der Waals surface area contributed by atoms with E-state index in [0.29, 0.717) is 23.8 Å². The number of hydrogen-bond acceptors (Lipinski definition) is 6. The number of rotatable bonds is 6. The summed E-state index contributed by atoms with van der Waals surface area (Å²) < 4.78 is 0. The number of piperidine rings is 1. The molecule has 0 aliphatic carbocycles. The van der Waals surface area contributed by atoms with Crippen molar-refractivity contribution < 1.29 is 4.79 Å². The van der Waals surface area contributed by atoms with E-state index in [9.17, 15) is 4.79 Å². The molecule has 3 heterocycles. The number of aryl methyl sites for hydroxylation is 1. The molecular weight excluding hydrogens is 340 g/mol. The maximum Gasteiger partial charge on any atom is 0.254 e. The number of nitrogens with zero attached hydrogens (tertiary/aromatic N) is 5. The summed E-state index contributed by atoms with van der Waals surface area (Å²) in [5.41, 5.74) is 2.34. The second kappa shape index (κ2) is 8.90. The van der Waals surface area contributed by atoms with Gasteiger partial charge in [0.05, 0.1) is 17.3 Å². The summed E-state index contributed by atoms with van der Waals surface area (Å²) in [5, 5.41) is 3.08. The number of hydrogen-bond donors (Lipinski definition) is 1. The molecule has 3 rings (SSSR count). The van der Waals surface area contributed by atoms with E-state index in [2.05, 4.69) is 31.2 Å². The minimum absolute atomic E-state index is 0.130. The van der Waals surface area contributed by atoms with Gasteiger partial charge in [0.1, 0.15) is 0 Å². The molecule has 2 aromatic heterocycles. The molecule has 1 saturated heterocycles. The van der Waals surface area contributed by atoms with Gasteiger partial charge in [-0.15, -0.1) is 0 Å². The van der Waals surface area contributed by atoms with Crippen LogP contribution in [-0.4, -0.2) is 59.5 Å². The summed E-state index contributed by atoms with van der Waals surface area (Å²) in [6, 6.07) is 4.16. The van der Waals surface area contributed by atoms with Crippen LogP contribution in [0.3, 0.4) is 0 Å². The van der Waals surface area contributed by atoms with E-state index in [4.69, 9.17) is 0 Å². The van der Waals surface area contributed by atoms with Crippen LogP contribution in [-0.2, 0) is 0 Å². The SMILES string of the molecule is Cc1nc(N(C)C)ncc1C(=O)NC[C@@H](c1cccnc1)N1CCCCC1. The molecule has 1 aliphatic rings. The van der Waals surface area contributed by atoms with Gasteiger partial charge in [0, 0.05) is 39.2 Å². The Kier molecular flexibility index (Phi) is 6.34. The average Bonchev–Trinajstić information content (AvgIpc) is 2.69. The number of amides is 1. The van der Waals surface area contributed by atoms with Gasteiger partial charge in [-0.2, -0.15) is 0 Å². The van der Waals surface area contributed by atoms with Gasteiger partial charge < -0.3 is 10.2 Å². The third-order valence-electron chi connectivity index (χ3n) is 4.97. The Morgan fingerprint density at radius 3 is 2.67 bits per heavy atom. The molecule has 27 heavy (non-hydrogen) atoms. The number of aromatic nitrogens is 3. The largest absolute Gasteiger partial charge is 0.350 e. The molecule has 1 fully saturated rings. The highest BCUT2D eigenvalue weighted by atomic mass is 16.1. The quantitative estimate of drug-likeness (QED) is 0.843. The Hall–Kier alpha value is -2.54. The van der Waals surface area contributed by atoms with Gasteiger partial charge in [0.2, 0.25) is 5.95 Å². The number of pyridine rings is 1. The Morgan fingerprint density at radius 2 is 2.04 bits per heavy atom. The summed E-state index contributed by atoms with van der Waals surface area (Å²) in [5.74, 6) is 0.467. The maximum atomic E-state index is 12.7. The first-order chi connectivity index (χ1) is 13.1. The van der Waals surface area contributed by atoms with Gasteiger partial charge in [-0.3, -0.25) is 14.7 Å². The average molecular weight is 368 g/mol. The Labute approximate surface area is 160 Å². The van der Waals surface area contributed by atoms with Crippen molar-refractivity contribution in [1.82, 2.24) is 25.2 Å². The molecule has 1 N–H and O–H groups in total. The molecule has 0 radical (unpaired) electrons.